The van der Waals surface area contributed by atoms with E-state index in [-0.39, 0.29) is 11.9 Å². The summed E-state index contributed by atoms with van der Waals surface area (Å²) in [4.78, 5) is 12.9. The summed E-state index contributed by atoms with van der Waals surface area (Å²) < 4.78 is 21.4. The van der Waals surface area contributed by atoms with E-state index >= 15 is 0 Å². The molecule has 0 heterocycles. The third kappa shape index (κ3) is 4.50. The Morgan fingerprint density at radius 3 is 1.96 bits per heavy atom. The maximum absolute atomic E-state index is 12.9. The lowest BCUT2D eigenvalue weighted by atomic mass is 9.95. The van der Waals surface area contributed by atoms with Crippen LogP contribution in [0, 0.1) is 0 Å². The van der Waals surface area contributed by atoms with Crippen molar-refractivity contribution >= 4 is 5.91 Å². The van der Waals surface area contributed by atoms with Crippen molar-refractivity contribution in [1.29, 1.82) is 0 Å². The van der Waals surface area contributed by atoms with Gasteiger partial charge < -0.3 is 24.3 Å². The third-order valence-electron chi connectivity index (χ3n) is 4.76. The van der Waals surface area contributed by atoms with Crippen LogP contribution in [0.2, 0.25) is 0 Å². The summed E-state index contributed by atoms with van der Waals surface area (Å²) >= 11 is 0. The molecule has 28 heavy (non-hydrogen) atoms. The van der Waals surface area contributed by atoms with Gasteiger partial charge in [0, 0.05) is 5.56 Å². The van der Waals surface area contributed by atoms with Gasteiger partial charge in [0.05, 0.1) is 34.5 Å². The van der Waals surface area contributed by atoms with E-state index in [0.717, 1.165) is 24.0 Å². The molecule has 0 saturated carbocycles. The van der Waals surface area contributed by atoms with Gasteiger partial charge in [-0.15, -0.1) is 0 Å². The van der Waals surface area contributed by atoms with Crippen LogP contribution in [0.5, 0.6) is 23.0 Å². The minimum absolute atomic E-state index is 0.157. The number of carbonyl (C=O) groups is 1. The van der Waals surface area contributed by atoms with Crippen LogP contribution in [-0.2, 0) is 6.42 Å². The van der Waals surface area contributed by atoms with E-state index in [1.165, 1.54) is 0 Å². The van der Waals surface area contributed by atoms with E-state index < -0.39 is 0 Å². The van der Waals surface area contributed by atoms with Gasteiger partial charge in [0.15, 0.2) is 23.0 Å². The molecule has 0 aliphatic heterocycles. The fraction of sp³-hybridized carbons (Fsp3) is 0.409. The van der Waals surface area contributed by atoms with Crippen LogP contribution < -0.4 is 24.3 Å². The van der Waals surface area contributed by atoms with Crippen LogP contribution >= 0.6 is 0 Å². The maximum atomic E-state index is 12.9. The van der Waals surface area contributed by atoms with Crippen molar-refractivity contribution in [3.63, 3.8) is 0 Å². The molecule has 2 aromatic rings. The second-order valence-electron chi connectivity index (χ2n) is 6.26. The second-order valence-corrected chi connectivity index (χ2v) is 6.26. The zero-order chi connectivity index (χ0) is 20.7. The van der Waals surface area contributed by atoms with Gasteiger partial charge >= 0.3 is 0 Å². The number of hydrogen-bond donors (Lipinski definition) is 1. The molecule has 152 valence electrons. The fourth-order valence-corrected chi connectivity index (χ4v) is 3.19. The quantitative estimate of drug-likeness (QED) is 0.700. The first-order valence-electron chi connectivity index (χ1n) is 9.30. The first-order valence-corrected chi connectivity index (χ1v) is 9.30. The Hall–Kier alpha value is -2.89. The Balaban J connectivity index is 2.35. The van der Waals surface area contributed by atoms with Crippen molar-refractivity contribution in [3.8, 4) is 23.0 Å². The summed E-state index contributed by atoms with van der Waals surface area (Å²) in [5.74, 6) is 2.25. The Morgan fingerprint density at radius 1 is 0.857 bits per heavy atom. The molecule has 2 rings (SSSR count). The van der Waals surface area contributed by atoms with E-state index in [1.54, 1.807) is 46.6 Å². The zero-order valence-corrected chi connectivity index (χ0v) is 17.4. The number of rotatable bonds is 9. The molecule has 0 fully saturated rings. The van der Waals surface area contributed by atoms with Crippen molar-refractivity contribution in [2.45, 2.75) is 32.7 Å². The van der Waals surface area contributed by atoms with Gasteiger partial charge in [-0.25, -0.2) is 0 Å². The number of hydrogen-bond acceptors (Lipinski definition) is 5. The topological polar surface area (TPSA) is 66.0 Å². The summed E-state index contributed by atoms with van der Waals surface area (Å²) in [7, 11) is 6.34. The van der Waals surface area contributed by atoms with E-state index in [1.807, 2.05) is 19.1 Å². The number of benzene rings is 2. The van der Waals surface area contributed by atoms with Crippen molar-refractivity contribution in [1.82, 2.24) is 5.32 Å². The molecular formula is C22H29NO5. The molecule has 0 spiro atoms. The van der Waals surface area contributed by atoms with Crippen LogP contribution in [0.4, 0.5) is 0 Å². The lowest BCUT2D eigenvalue weighted by Gasteiger charge is -2.22. The highest BCUT2D eigenvalue weighted by Crippen LogP contribution is 2.35. The molecule has 0 radical (unpaired) electrons. The van der Waals surface area contributed by atoms with Crippen molar-refractivity contribution in [2.75, 3.05) is 28.4 Å². The summed E-state index contributed by atoms with van der Waals surface area (Å²) in [6, 6.07) is 8.88. The fourth-order valence-electron chi connectivity index (χ4n) is 3.19. The minimum atomic E-state index is -0.176. The van der Waals surface area contributed by atoms with E-state index in [4.69, 9.17) is 18.9 Å². The van der Waals surface area contributed by atoms with Gasteiger partial charge in [-0.05, 0) is 54.3 Å². The van der Waals surface area contributed by atoms with Crippen LogP contribution in [0.1, 0.15) is 47.8 Å². The first kappa shape index (κ1) is 21.4. The highest BCUT2D eigenvalue weighted by atomic mass is 16.5. The summed E-state index contributed by atoms with van der Waals surface area (Å²) in [6.45, 7) is 4.11. The number of methoxy groups -OCH3 is 4. The molecule has 0 saturated heterocycles. The Morgan fingerprint density at radius 2 is 1.43 bits per heavy atom. The van der Waals surface area contributed by atoms with Gasteiger partial charge in [-0.3, -0.25) is 4.79 Å². The zero-order valence-electron chi connectivity index (χ0n) is 17.4. The van der Waals surface area contributed by atoms with E-state index in [9.17, 15) is 4.79 Å². The minimum Gasteiger partial charge on any atom is -0.493 e. The molecule has 0 aliphatic carbocycles. The lowest BCUT2D eigenvalue weighted by Crippen LogP contribution is -2.29. The van der Waals surface area contributed by atoms with Crippen LogP contribution in [0.3, 0.4) is 0 Å². The number of nitrogens with one attached hydrogen (secondary N) is 1. The largest absolute Gasteiger partial charge is 0.493 e. The molecular weight excluding hydrogens is 358 g/mol. The van der Waals surface area contributed by atoms with Gasteiger partial charge in [0.25, 0.3) is 5.91 Å². The predicted octanol–water partition coefficient (Wildman–Crippen LogP) is 4.16. The van der Waals surface area contributed by atoms with Crippen LogP contribution in [-0.4, -0.2) is 34.3 Å². The standard InChI is InChI=1S/C22H29NO5/c1-7-14-11-20(27-5)21(28-6)13-16(14)17(8-2)23-22(24)15-9-10-18(25-3)19(12-15)26-4/h9-13,17H,7-8H2,1-6H3,(H,23,24). The Kier molecular flexibility index (Phi) is 7.55. The number of ether oxygens (including phenoxy) is 4. The average Bonchev–Trinajstić information content (AvgIpc) is 2.75. The van der Waals surface area contributed by atoms with Crippen molar-refractivity contribution in [3.05, 3.63) is 47.0 Å². The van der Waals surface area contributed by atoms with Crippen molar-refractivity contribution in [2.24, 2.45) is 0 Å². The molecule has 0 aromatic heterocycles. The molecule has 1 N–H and O–H groups in total. The normalized spacial score (nSPS) is 11.5. The molecule has 1 unspecified atom stereocenters. The molecule has 2 aromatic carbocycles. The predicted molar refractivity (Wildman–Crippen MR) is 109 cm³/mol. The SMILES string of the molecule is CCc1cc(OC)c(OC)cc1C(CC)NC(=O)c1ccc(OC)c(OC)c1. The number of carbonyl (C=O) groups excluding carboxylic acids is 1. The summed E-state index contributed by atoms with van der Waals surface area (Å²) in [6.07, 6.45) is 1.56. The smallest absolute Gasteiger partial charge is 0.251 e. The van der Waals surface area contributed by atoms with Crippen LogP contribution in [0.15, 0.2) is 30.3 Å². The molecule has 6 nitrogen and oxygen atoms in total. The molecule has 1 atom stereocenters. The molecule has 0 aliphatic rings. The Bertz CT molecular complexity index is 819. The monoisotopic (exact) mass is 387 g/mol. The third-order valence-corrected chi connectivity index (χ3v) is 4.76. The van der Waals surface area contributed by atoms with Gasteiger partial charge in [0.2, 0.25) is 0 Å². The first-order chi connectivity index (χ1) is 13.5. The van der Waals surface area contributed by atoms with Crippen LogP contribution in [0.25, 0.3) is 0 Å². The second kappa shape index (κ2) is 9.88. The number of amides is 1. The molecule has 0 bridgehead atoms. The van der Waals surface area contributed by atoms with Gasteiger partial charge in [0.1, 0.15) is 0 Å². The maximum Gasteiger partial charge on any atom is 0.251 e. The lowest BCUT2D eigenvalue weighted by molar-refractivity contribution is 0.0935. The van der Waals surface area contributed by atoms with Gasteiger partial charge in [-0.1, -0.05) is 13.8 Å². The highest BCUT2D eigenvalue weighted by Gasteiger charge is 2.20. The molecule has 1 amide bonds. The highest BCUT2D eigenvalue weighted by molar-refractivity contribution is 5.95. The molecule has 6 heteroatoms. The van der Waals surface area contributed by atoms with E-state index in [0.29, 0.717) is 28.6 Å². The van der Waals surface area contributed by atoms with Gasteiger partial charge in [-0.2, -0.15) is 0 Å². The Labute approximate surface area is 166 Å². The number of aryl methyl sites for hydroxylation is 1. The van der Waals surface area contributed by atoms with E-state index in [2.05, 4.69) is 12.2 Å². The summed E-state index contributed by atoms with van der Waals surface area (Å²) in [5, 5.41) is 3.12. The average molecular weight is 387 g/mol. The van der Waals surface area contributed by atoms with Crippen molar-refractivity contribution < 1.29 is 23.7 Å². The summed E-state index contributed by atoms with van der Waals surface area (Å²) in [5.41, 5.74) is 2.64.